The van der Waals surface area contributed by atoms with E-state index in [9.17, 15) is 4.79 Å². The van der Waals surface area contributed by atoms with Gasteiger partial charge in [0, 0.05) is 11.7 Å². The monoisotopic (exact) mass is 332 g/mol. The lowest BCUT2D eigenvalue weighted by Crippen LogP contribution is -2.37. The highest BCUT2D eigenvalue weighted by Gasteiger charge is 2.13. The van der Waals surface area contributed by atoms with Crippen LogP contribution in [0.3, 0.4) is 0 Å². The van der Waals surface area contributed by atoms with Crippen molar-refractivity contribution >= 4 is 17.7 Å². The van der Waals surface area contributed by atoms with Crippen molar-refractivity contribution in [3.8, 4) is 5.69 Å². The summed E-state index contributed by atoms with van der Waals surface area (Å²) in [5.41, 5.74) is 3.48. The van der Waals surface area contributed by atoms with Crippen LogP contribution in [0.1, 0.15) is 31.9 Å². The van der Waals surface area contributed by atoms with Crippen LogP contribution in [0.5, 0.6) is 0 Å². The van der Waals surface area contributed by atoms with Gasteiger partial charge in [0.15, 0.2) is 5.16 Å². The fourth-order valence-electron chi connectivity index (χ4n) is 1.97. The number of carbonyl (C=O) groups excluding carboxylic acids is 1. The highest BCUT2D eigenvalue weighted by atomic mass is 32.2. The highest BCUT2D eigenvalue weighted by molar-refractivity contribution is 7.99. The molecule has 0 spiro atoms. The van der Waals surface area contributed by atoms with Crippen molar-refractivity contribution in [1.29, 1.82) is 0 Å². The smallest absolute Gasteiger partial charge is 0.230 e. The summed E-state index contributed by atoms with van der Waals surface area (Å²) in [5, 5.41) is 11.8. The zero-order chi connectivity index (χ0) is 17.0. The van der Waals surface area contributed by atoms with Crippen molar-refractivity contribution in [3.63, 3.8) is 0 Å². The van der Waals surface area contributed by atoms with E-state index in [1.165, 1.54) is 22.9 Å². The molecule has 0 bridgehead atoms. The topological polar surface area (TPSA) is 59.8 Å². The third-order valence-corrected chi connectivity index (χ3v) is 4.95. The molecule has 124 valence electrons. The quantitative estimate of drug-likeness (QED) is 0.826. The standard InChI is InChI=1S/C17H24N4OS/c1-11(2)14(5)19-16(22)9-23-17-20-18-10-21(17)15-7-6-12(3)13(4)8-15/h6-8,10-11,14H,9H2,1-5H3,(H,19,22). The van der Waals surface area contributed by atoms with E-state index in [1.807, 2.05) is 17.6 Å². The van der Waals surface area contributed by atoms with Gasteiger partial charge in [0.1, 0.15) is 6.33 Å². The van der Waals surface area contributed by atoms with Gasteiger partial charge in [-0.3, -0.25) is 9.36 Å². The predicted octanol–water partition coefficient (Wildman–Crippen LogP) is 3.14. The summed E-state index contributed by atoms with van der Waals surface area (Å²) < 4.78 is 1.91. The molecule has 1 atom stereocenters. The Bertz CT molecular complexity index is 681. The molecule has 0 saturated heterocycles. The lowest BCUT2D eigenvalue weighted by atomic mass is 10.1. The number of hydrogen-bond acceptors (Lipinski definition) is 4. The van der Waals surface area contributed by atoms with Gasteiger partial charge in [-0.1, -0.05) is 31.7 Å². The van der Waals surface area contributed by atoms with E-state index in [4.69, 9.17) is 0 Å². The summed E-state index contributed by atoms with van der Waals surface area (Å²) in [7, 11) is 0. The number of benzene rings is 1. The van der Waals surface area contributed by atoms with Crippen LogP contribution in [0, 0.1) is 19.8 Å². The molecule has 1 heterocycles. The average Bonchev–Trinajstić information content (AvgIpc) is 2.96. The van der Waals surface area contributed by atoms with Crippen LogP contribution >= 0.6 is 11.8 Å². The molecule has 2 aromatic rings. The van der Waals surface area contributed by atoms with Gasteiger partial charge in [0.2, 0.25) is 5.91 Å². The van der Waals surface area contributed by atoms with Gasteiger partial charge in [-0.2, -0.15) is 0 Å². The molecule has 5 nitrogen and oxygen atoms in total. The van der Waals surface area contributed by atoms with Crippen LogP contribution < -0.4 is 5.32 Å². The molecule has 1 amide bonds. The normalized spacial score (nSPS) is 12.4. The SMILES string of the molecule is Cc1ccc(-n2cnnc2SCC(=O)NC(C)C(C)C)cc1C. The van der Waals surface area contributed by atoms with Gasteiger partial charge in [0.25, 0.3) is 0 Å². The van der Waals surface area contributed by atoms with Crippen molar-refractivity contribution in [2.24, 2.45) is 5.92 Å². The van der Waals surface area contributed by atoms with Crippen molar-refractivity contribution in [3.05, 3.63) is 35.7 Å². The second kappa shape index (κ2) is 7.64. The van der Waals surface area contributed by atoms with E-state index >= 15 is 0 Å². The predicted molar refractivity (Wildman–Crippen MR) is 94.0 cm³/mol. The van der Waals surface area contributed by atoms with Crippen LogP contribution in [0.4, 0.5) is 0 Å². The van der Waals surface area contributed by atoms with E-state index in [0.29, 0.717) is 11.7 Å². The Morgan fingerprint density at radius 3 is 2.65 bits per heavy atom. The summed E-state index contributed by atoms with van der Waals surface area (Å²) in [4.78, 5) is 12.0. The van der Waals surface area contributed by atoms with E-state index < -0.39 is 0 Å². The minimum Gasteiger partial charge on any atom is -0.353 e. The summed E-state index contributed by atoms with van der Waals surface area (Å²) in [6, 6.07) is 6.39. The Morgan fingerprint density at radius 2 is 2.00 bits per heavy atom. The Kier molecular flexibility index (Phi) is 5.82. The maximum absolute atomic E-state index is 12.0. The number of nitrogens with one attached hydrogen (secondary N) is 1. The lowest BCUT2D eigenvalue weighted by Gasteiger charge is -2.17. The molecular formula is C17H24N4OS. The molecule has 0 aliphatic rings. The zero-order valence-electron chi connectivity index (χ0n) is 14.3. The Morgan fingerprint density at radius 1 is 1.26 bits per heavy atom. The van der Waals surface area contributed by atoms with Gasteiger partial charge in [-0.25, -0.2) is 0 Å². The second-order valence-electron chi connectivity index (χ2n) is 6.14. The molecule has 0 saturated carbocycles. The fourth-order valence-corrected chi connectivity index (χ4v) is 2.71. The molecule has 1 aromatic heterocycles. The summed E-state index contributed by atoms with van der Waals surface area (Å²) >= 11 is 1.40. The van der Waals surface area contributed by atoms with Gasteiger partial charge in [-0.15, -0.1) is 10.2 Å². The largest absolute Gasteiger partial charge is 0.353 e. The van der Waals surface area contributed by atoms with E-state index in [1.54, 1.807) is 6.33 Å². The van der Waals surface area contributed by atoms with Crippen LogP contribution in [0.2, 0.25) is 0 Å². The first-order valence-electron chi connectivity index (χ1n) is 7.78. The number of hydrogen-bond donors (Lipinski definition) is 1. The minimum absolute atomic E-state index is 0.0193. The van der Waals surface area contributed by atoms with Gasteiger partial charge in [-0.05, 0) is 49.9 Å². The number of thioether (sulfide) groups is 1. The van der Waals surface area contributed by atoms with Crippen LogP contribution in [0.25, 0.3) is 5.69 Å². The lowest BCUT2D eigenvalue weighted by molar-refractivity contribution is -0.119. The first kappa shape index (κ1) is 17.5. The van der Waals surface area contributed by atoms with Crippen LogP contribution in [-0.4, -0.2) is 32.5 Å². The molecule has 1 aromatic carbocycles. The van der Waals surface area contributed by atoms with E-state index in [2.05, 4.69) is 55.3 Å². The minimum atomic E-state index is 0.0193. The zero-order valence-corrected chi connectivity index (χ0v) is 15.1. The summed E-state index contributed by atoms with van der Waals surface area (Å²) in [6.07, 6.45) is 1.68. The molecular weight excluding hydrogens is 308 g/mol. The van der Waals surface area contributed by atoms with Gasteiger partial charge in [0.05, 0.1) is 5.75 Å². The highest BCUT2D eigenvalue weighted by Crippen LogP contribution is 2.21. The summed E-state index contributed by atoms with van der Waals surface area (Å²) in [6.45, 7) is 10.4. The first-order valence-corrected chi connectivity index (χ1v) is 8.77. The van der Waals surface area contributed by atoms with Gasteiger partial charge < -0.3 is 5.32 Å². The molecule has 6 heteroatoms. The number of carbonyl (C=O) groups is 1. The van der Waals surface area contributed by atoms with Crippen molar-refractivity contribution in [1.82, 2.24) is 20.1 Å². The number of nitrogens with zero attached hydrogens (tertiary/aromatic N) is 3. The van der Waals surface area contributed by atoms with Crippen LogP contribution in [0.15, 0.2) is 29.7 Å². The molecule has 0 aliphatic heterocycles. The Balaban J connectivity index is 2.04. The maximum Gasteiger partial charge on any atom is 0.230 e. The van der Waals surface area contributed by atoms with Crippen molar-refractivity contribution in [2.45, 2.75) is 45.8 Å². The molecule has 1 N–H and O–H groups in total. The third kappa shape index (κ3) is 4.58. The molecule has 2 rings (SSSR count). The number of aryl methyl sites for hydroxylation is 2. The number of amides is 1. The molecule has 0 radical (unpaired) electrons. The summed E-state index contributed by atoms with van der Waals surface area (Å²) in [5.74, 6) is 0.773. The fraction of sp³-hybridized carbons (Fsp3) is 0.471. The van der Waals surface area contributed by atoms with E-state index in [0.717, 1.165) is 10.8 Å². The Labute approximate surface area is 141 Å². The first-order chi connectivity index (χ1) is 10.9. The Hall–Kier alpha value is -1.82. The van der Waals surface area contributed by atoms with E-state index in [-0.39, 0.29) is 11.9 Å². The maximum atomic E-state index is 12.0. The third-order valence-electron chi connectivity index (χ3n) is 4.01. The van der Waals surface area contributed by atoms with Crippen molar-refractivity contribution in [2.75, 3.05) is 5.75 Å². The number of rotatable bonds is 6. The molecule has 23 heavy (non-hydrogen) atoms. The van der Waals surface area contributed by atoms with Crippen LogP contribution in [-0.2, 0) is 4.79 Å². The molecule has 1 unspecified atom stereocenters. The van der Waals surface area contributed by atoms with Crippen molar-refractivity contribution < 1.29 is 4.79 Å². The average molecular weight is 332 g/mol. The molecule has 0 fully saturated rings. The second-order valence-corrected chi connectivity index (χ2v) is 7.08. The van der Waals surface area contributed by atoms with Gasteiger partial charge >= 0.3 is 0 Å². The molecule has 0 aliphatic carbocycles. The number of aromatic nitrogens is 3.